The molecule has 2 aliphatic heterocycles. The second kappa shape index (κ2) is 3.23. The van der Waals surface area contributed by atoms with E-state index in [1.165, 1.54) is 19.3 Å². The van der Waals surface area contributed by atoms with Gasteiger partial charge >= 0.3 is 0 Å². The molecule has 2 heterocycles. The predicted octanol–water partition coefficient (Wildman–Crippen LogP) is 0.607. The lowest BCUT2D eigenvalue weighted by atomic mass is 9.89. The third-order valence-electron chi connectivity index (χ3n) is 4.10. The number of carbonyl (C=O) groups excluding carboxylic acids is 1. The Morgan fingerprint density at radius 3 is 2.86 bits per heavy atom. The largest absolute Gasteiger partial charge is 0.339 e. The number of hydrogen-bond acceptors (Lipinski definition) is 2. The van der Waals surface area contributed by atoms with Gasteiger partial charge in [0.2, 0.25) is 5.91 Å². The standard InChI is InChI=1S/C11H18N2O/c14-11(4-8-5-12-6-8)13-7-9-2-1-3-10(9)13/h8-10,12H,1-7H2. The second-order valence-corrected chi connectivity index (χ2v) is 5.03. The summed E-state index contributed by atoms with van der Waals surface area (Å²) in [5.41, 5.74) is 0. The van der Waals surface area contributed by atoms with E-state index in [0.717, 1.165) is 32.0 Å². The summed E-state index contributed by atoms with van der Waals surface area (Å²) in [4.78, 5) is 14.0. The predicted molar refractivity (Wildman–Crippen MR) is 53.8 cm³/mol. The highest BCUT2D eigenvalue weighted by Crippen LogP contribution is 2.39. The first-order chi connectivity index (χ1) is 6.84. The minimum atomic E-state index is 0.416. The van der Waals surface area contributed by atoms with Gasteiger partial charge < -0.3 is 10.2 Å². The monoisotopic (exact) mass is 194 g/mol. The van der Waals surface area contributed by atoms with E-state index in [9.17, 15) is 4.79 Å². The number of fused-ring (bicyclic) bond motifs is 1. The first kappa shape index (κ1) is 8.72. The molecule has 3 aliphatic rings. The van der Waals surface area contributed by atoms with E-state index in [1.807, 2.05) is 0 Å². The summed E-state index contributed by atoms with van der Waals surface area (Å²) in [5, 5.41) is 3.22. The smallest absolute Gasteiger partial charge is 0.223 e. The first-order valence-electron chi connectivity index (χ1n) is 5.85. The molecule has 0 radical (unpaired) electrons. The van der Waals surface area contributed by atoms with Crippen LogP contribution in [-0.4, -0.2) is 36.5 Å². The lowest BCUT2D eigenvalue weighted by molar-refractivity contribution is -0.143. The van der Waals surface area contributed by atoms with Crippen LogP contribution < -0.4 is 5.32 Å². The van der Waals surface area contributed by atoms with E-state index in [1.54, 1.807) is 0 Å². The highest BCUT2D eigenvalue weighted by atomic mass is 16.2. The van der Waals surface area contributed by atoms with Crippen LogP contribution in [0, 0.1) is 11.8 Å². The van der Waals surface area contributed by atoms with Gasteiger partial charge in [0.05, 0.1) is 0 Å². The van der Waals surface area contributed by atoms with Crippen LogP contribution in [0.15, 0.2) is 0 Å². The zero-order chi connectivity index (χ0) is 9.54. The van der Waals surface area contributed by atoms with Gasteiger partial charge in [-0.2, -0.15) is 0 Å². The number of carbonyl (C=O) groups is 1. The van der Waals surface area contributed by atoms with Crippen molar-refractivity contribution in [2.45, 2.75) is 31.7 Å². The van der Waals surface area contributed by atoms with Crippen LogP contribution in [0.2, 0.25) is 0 Å². The summed E-state index contributed by atoms with van der Waals surface area (Å²) >= 11 is 0. The Morgan fingerprint density at radius 2 is 2.21 bits per heavy atom. The second-order valence-electron chi connectivity index (χ2n) is 5.03. The Kier molecular flexibility index (Phi) is 2.01. The molecule has 2 saturated heterocycles. The average Bonchev–Trinajstić information content (AvgIpc) is 2.41. The van der Waals surface area contributed by atoms with Gasteiger partial charge in [-0.05, 0) is 37.8 Å². The van der Waals surface area contributed by atoms with Crippen LogP contribution in [0.5, 0.6) is 0 Å². The van der Waals surface area contributed by atoms with E-state index >= 15 is 0 Å². The lowest BCUT2D eigenvalue weighted by Crippen LogP contribution is -2.57. The maximum atomic E-state index is 11.9. The van der Waals surface area contributed by atoms with Gasteiger partial charge in [-0.15, -0.1) is 0 Å². The van der Waals surface area contributed by atoms with Gasteiger partial charge in [0.25, 0.3) is 0 Å². The van der Waals surface area contributed by atoms with Gasteiger partial charge in [0.1, 0.15) is 0 Å². The van der Waals surface area contributed by atoms with Gasteiger partial charge in [-0.1, -0.05) is 6.42 Å². The van der Waals surface area contributed by atoms with Gasteiger partial charge in [0.15, 0.2) is 0 Å². The van der Waals surface area contributed by atoms with Crippen LogP contribution in [0.4, 0.5) is 0 Å². The number of hydrogen-bond donors (Lipinski definition) is 1. The molecule has 1 aliphatic carbocycles. The minimum absolute atomic E-state index is 0.416. The highest BCUT2D eigenvalue weighted by molar-refractivity contribution is 5.78. The molecule has 3 heteroatoms. The summed E-state index contributed by atoms with van der Waals surface area (Å²) in [6, 6.07) is 0.635. The molecule has 3 fully saturated rings. The quantitative estimate of drug-likeness (QED) is 0.698. The Morgan fingerprint density at radius 1 is 1.36 bits per heavy atom. The molecule has 1 N–H and O–H groups in total. The SMILES string of the molecule is O=C(CC1CNC1)N1CC2CCCC21. The molecule has 0 aromatic rings. The fourth-order valence-corrected chi connectivity index (χ4v) is 3.03. The van der Waals surface area contributed by atoms with Crippen molar-refractivity contribution < 1.29 is 4.79 Å². The maximum absolute atomic E-state index is 11.9. The molecule has 1 saturated carbocycles. The van der Waals surface area contributed by atoms with Crippen molar-refractivity contribution in [2.75, 3.05) is 19.6 Å². The molecule has 0 aromatic carbocycles. The third-order valence-corrected chi connectivity index (χ3v) is 4.10. The molecule has 14 heavy (non-hydrogen) atoms. The number of rotatable bonds is 2. The molecule has 3 nitrogen and oxygen atoms in total. The molecule has 0 bridgehead atoms. The third kappa shape index (κ3) is 1.26. The maximum Gasteiger partial charge on any atom is 0.223 e. The summed E-state index contributed by atoms with van der Waals surface area (Å²) in [6.07, 6.45) is 4.75. The Bertz CT molecular complexity index is 250. The fourth-order valence-electron chi connectivity index (χ4n) is 3.03. The van der Waals surface area contributed by atoms with Crippen LogP contribution >= 0.6 is 0 Å². The zero-order valence-electron chi connectivity index (χ0n) is 8.54. The lowest BCUT2D eigenvalue weighted by Gasteiger charge is -2.45. The van der Waals surface area contributed by atoms with Crippen molar-refractivity contribution in [3.63, 3.8) is 0 Å². The van der Waals surface area contributed by atoms with Gasteiger partial charge in [-0.25, -0.2) is 0 Å². The van der Waals surface area contributed by atoms with Crippen LogP contribution in [-0.2, 0) is 4.79 Å². The van der Waals surface area contributed by atoms with Crippen LogP contribution in [0.1, 0.15) is 25.7 Å². The van der Waals surface area contributed by atoms with Gasteiger partial charge in [0, 0.05) is 19.0 Å². The molecule has 0 spiro atoms. The van der Waals surface area contributed by atoms with Gasteiger partial charge in [-0.3, -0.25) is 4.79 Å². The topological polar surface area (TPSA) is 32.3 Å². The van der Waals surface area contributed by atoms with Crippen molar-refractivity contribution in [2.24, 2.45) is 11.8 Å². The zero-order valence-corrected chi connectivity index (χ0v) is 8.54. The highest BCUT2D eigenvalue weighted by Gasteiger charge is 2.44. The Balaban J connectivity index is 1.53. The van der Waals surface area contributed by atoms with Crippen LogP contribution in [0.3, 0.4) is 0 Å². The number of amides is 1. The van der Waals surface area contributed by atoms with Crippen molar-refractivity contribution in [1.82, 2.24) is 10.2 Å². The molecule has 0 aromatic heterocycles. The molecular formula is C11H18N2O. The van der Waals surface area contributed by atoms with E-state index < -0.39 is 0 Å². The summed E-state index contributed by atoms with van der Waals surface area (Å²) in [6.45, 7) is 3.16. The van der Waals surface area contributed by atoms with Crippen molar-refractivity contribution in [3.05, 3.63) is 0 Å². The number of likely N-dealkylation sites (tertiary alicyclic amines) is 1. The van der Waals surface area contributed by atoms with Crippen molar-refractivity contribution >= 4 is 5.91 Å². The average molecular weight is 194 g/mol. The van der Waals surface area contributed by atoms with Crippen molar-refractivity contribution in [1.29, 1.82) is 0 Å². The fraction of sp³-hybridized carbons (Fsp3) is 0.909. The number of nitrogens with zero attached hydrogens (tertiary/aromatic N) is 1. The molecule has 1 amide bonds. The molecule has 2 unspecified atom stereocenters. The van der Waals surface area contributed by atoms with E-state index in [2.05, 4.69) is 10.2 Å². The molecule has 2 atom stereocenters. The van der Waals surface area contributed by atoms with Crippen molar-refractivity contribution in [3.8, 4) is 0 Å². The minimum Gasteiger partial charge on any atom is -0.339 e. The summed E-state index contributed by atoms with van der Waals surface area (Å²) in [7, 11) is 0. The normalized spacial score (nSPS) is 36.1. The van der Waals surface area contributed by atoms with Crippen LogP contribution in [0.25, 0.3) is 0 Å². The number of nitrogens with one attached hydrogen (secondary N) is 1. The summed E-state index contributed by atoms with van der Waals surface area (Å²) in [5.74, 6) is 1.90. The first-order valence-corrected chi connectivity index (χ1v) is 5.85. The van der Waals surface area contributed by atoms with E-state index in [-0.39, 0.29) is 0 Å². The summed E-state index contributed by atoms with van der Waals surface area (Å²) < 4.78 is 0. The van der Waals surface area contributed by atoms with E-state index in [0.29, 0.717) is 17.9 Å². The Hall–Kier alpha value is -0.570. The van der Waals surface area contributed by atoms with E-state index in [4.69, 9.17) is 0 Å². The molecule has 78 valence electrons. The molecular weight excluding hydrogens is 176 g/mol. The molecule has 3 rings (SSSR count). The Labute approximate surface area is 84.8 Å².